The largest absolute Gasteiger partial charge is 0.493 e. The first-order chi connectivity index (χ1) is 12.6. The second-order valence-corrected chi connectivity index (χ2v) is 6.09. The summed E-state index contributed by atoms with van der Waals surface area (Å²) < 4.78 is 12.9. The minimum Gasteiger partial charge on any atom is -0.493 e. The zero-order valence-corrected chi connectivity index (χ0v) is 15.3. The van der Waals surface area contributed by atoms with Gasteiger partial charge in [-0.05, 0) is 43.7 Å². The van der Waals surface area contributed by atoms with E-state index < -0.39 is 0 Å². The Kier molecular flexibility index (Phi) is 5.41. The van der Waals surface area contributed by atoms with Gasteiger partial charge < -0.3 is 19.4 Å². The molecule has 1 amide bonds. The molecule has 0 aliphatic carbocycles. The number of para-hydroxylation sites is 2. The Morgan fingerprint density at radius 2 is 1.96 bits per heavy atom. The number of amides is 1. The van der Waals surface area contributed by atoms with Crippen molar-refractivity contribution >= 4 is 16.9 Å². The highest BCUT2D eigenvalue weighted by molar-refractivity contribution is 5.78. The molecule has 0 atom stereocenters. The molecule has 1 aromatic heterocycles. The van der Waals surface area contributed by atoms with Crippen molar-refractivity contribution in [1.29, 1.82) is 0 Å². The van der Waals surface area contributed by atoms with E-state index in [1.165, 1.54) is 0 Å². The van der Waals surface area contributed by atoms with E-state index in [1.807, 2.05) is 56.3 Å². The predicted octanol–water partition coefficient (Wildman–Crippen LogP) is 2.86. The first-order valence-corrected chi connectivity index (χ1v) is 8.54. The maximum Gasteiger partial charge on any atom is 0.258 e. The molecule has 0 bridgehead atoms. The molecule has 1 heterocycles. The highest BCUT2D eigenvalue weighted by Gasteiger charge is 2.09. The standard InChI is InChI=1S/C20H23N3O3/c1-14-8-9-18(19(12-14)25-3)26-13-20(24)21-10-11-23-15(2)22-16-6-4-5-7-17(16)23/h4-9,12H,10-11,13H2,1-3H3,(H,21,24). The third-order valence-electron chi connectivity index (χ3n) is 4.18. The second-order valence-electron chi connectivity index (χ2n) is 6.09. The molecule has 0 unspecified atom stereocenters. The highest BCUT2D eigenvalue weighted by Crippen LogP contribution is 2.27. The molecule has 2 aromatic carbocycles. The van der Waals surface area contributed by atoms with Gasteiger partial charge in [0, 0.05) is 13.1 Å². The number of aryl methyl sites for hydroxylation is 2. The van der Waals surface area contributed by atoms with Gasteiger partial charge in [0.25, 0.3) is 5.91 Å². The van der Waals surface area contributed by atoms with Crippen LogP contribution < -0.4 is 14.8 Å². The first-order valence-electron chi connectivity index (χ1n) is 8.54. The van der Waals surface area contributed by atoms with Gasteiger partial charge >= 0.3 is 0 Å². The molecule has 0 aliphatic heterocycles. The van der Waals surface area contributed by atoms with Crippen LogP contribution >= 0.6 is 0 Å². The molecular formula is C20H23N3O3. The molecule has 0 fully saturated rings. The van der Waals surface area contributed by atoms with Crippen LogP contribution in [0, 0.1) is 13.8 Å². The van der Waals surface area contributed by atoms with Crippen molar-refractivity contribution in [3.63, 3.8) is 0 Å². The lowest BCUT2D eigenvalue weighted by Gasteiger charge is -2.12. The summed E-state index contributed by atoms with van der Waals surface area (Å²) in [4.78, 5) is 16.6. The average Bonchev–Trinajstić information content (AvgIpc) is 2.96. The van der Waals surface area contributed by atoms with Gasteiger partial charge in [-0.2, -0.15) is 0 Å². The summed E-state index contributed by atoms with van der Waals surface area (Å²) in [7, 11) is 1.58. The summed E-state index contributed by atoms with van der Waals surface area (Å²) in [6.07, 6.45) is 0. The average molecular weight is 353 g/mol. The number of imidazole rings is 1. The van der Waals surface area contributed by atoms with Crippen molar-refractivity contribution in [1.82, 2.24) is 14.9 Å². The van der Waals surface area contributed by atoms with Crippen molar-refractivity contribution < 1.29 is 14.3 Å². The molecule has 3 aromatic rings. The molecule has 0 spiro atoms. The first kappa shape index (κ1) is 17.8. The number of nitrogens with zero attached hydrogens (tertiary/aromatic N) is 2. The van der Waals surface area contributed by atoms with E-state index in [0.29, 0.717) is 24.6 Å². The van der Waals surface area contributed by atoms with Gasteiger partial charge in [-0.1, -0.05) is 18.2 Å². The van der Waals surface area contributed by atoms with Crippen LogP contribution in [-0.2, 0) is 11.3 Å². The molecule has 26 heavy (non-hydrogen) atoms. The van der Waals surface area contributed by atoms with E-state index in [-0.39, 0.29) is 12.5 Å². The maximum absolute atomic E-state index is 12.1. The van der Waals surface area contributed by atoms with Crippen LogP contribution in [0.25, 0.3) is 11.0 Å². The van der Waals surface area contributed by atoms with Crippen LogP contribution in [0.1, 0.15) is 11.4 Å². The summed E-state index contributed by atoms with van der Waals surface area (Å²) in [5.41, 5.74) is 3.10. The summed E-state index contributed by atoms with van der Waals surface area (Å²) >= 11 is 0. The van der Waals surface area contributed by atoms with Crippen molar-refractivity contribution in [3.05, 3.63) is 53.9 Å². The second kappa shape index (κ2) is 7.91. The number of carbonyl (C=O) groups excluding carboxylic acids is 1. The van der Waals surface area contributed by atoms with E-state index in [0.717, 1.165) is 22.4 Å². The van der Waals surface area contributed by atoms with Crippen LogP contribution in [0.2, 0.25) is 0 Å². The maximum atomic E-state index is 12.1. The number of hydrogen-bond donors (Lipinski definition) is 1. The number of carbonyl (C=O) groups is 1. The summed E-state index contributed by atoms with van der Waals surface area (Å²) in [6.45, 7) is 5.05. The molecule has 136 valence electrons. The quantitative estimate of drug-likeness (QED) is 0.709. The number of ether oxygens (including phenoxy) is 2. The third kappa shape index (κ3) is 3.96. The lowest BCUT2D eigenvalue weighted by molar-refractivity contribution is -0.123. The monoisotopic (exact) mass is 353 g/mol. The molecule has 1 N–H and O–H groups in total. The Hall–Kier alpha value is -3.02. The Morgan fingerprint density at radius 3 is 2.77 bits per heavy atom. The number of aromatic nitrogens is 2. The molecule has 0 saturated heterocycles. The lowest BCUT2D eigenvalue weighted by atomic mass is 10.2. The van der Waals surface area contributed by atoms with Gasteiger partial charge in [-0.25, -0.2) is 4.98 Å². The van der Waals surface area contributed by atoms with Crippen LogP contribution in [0.5, 0.6) is 11.5 Å². The van der Waals surface area contributed by atoms with Gasteiger partial charge in [0.05, 0.1) is 18.1 Å². The van der Waals surface area contributed by atoms with Gasteiger partial charge in [0.15, 0.2) is 18.1 Å². The van der Waals surface area contributed by atoms with Crippen molar-refractivity contribution in [2.75, 3.05) is 20.3 Å². The fourth-order valence-corrected chi connectivity index (χ4v) is 2.87. The molecule has 0 aliphatic rings. The Balaban J connectivity index is 1.52. The van der Waals surface area contributed by atoms with Crippen LogP contribution in [0.4, 0.5) is 0 Å². The third-order valence-corrected chi connectivity index (χ3v) is 4.18. The molecule has 6 heteroatoms. The lowest BCUT2D eigenvalue weighted by Crippen LogP contribution is -2.31. The van der Waals surface area contributed by atoms with Crippen molar-refractivity contribution in [2.24, 2.45) is 0 Å². The highest BCUT2D eigenvalue weighted by atomic mass is 16.5. The van der Waals surface area contributed by atoms with Crippen LogP contribution in [0.3, 0.4) is 0 Å². The SMILES string of the molecule is COc1cc(C)ccc1OCC(=O)NCCn1c(C)nc2ccccc21. The fourth-order valence-electron chi connectivity index (χ4n) is 2.87. The van der Waals surface area contributed by atoms with E-state index in [2.05, 4.69) is 14.9 Å². The zero-order valence-electron chi connectivity index (χ0n) is 15.3. The number of nitrogens with one attached hydrogen (secondary N) is 1. The molecule has 0 saturated carbocycles. The molecule has 6 nitrogen and oxygen atoms in total. The summed E-state index contributed by atoms with van der Waals surface area (Å²) in [5.74, 6) is 1.94. The van der Waals surface area contributed by atoms with Crippen molar-refractivity contribution in [2.45, 2.75) is 20.4 Å². The zero-order chi connectivity index (χ0) is 18.5. The minimum atomic E-state index is -0.172. The molecular weight excluding hydrogens is 330 g/mol. The molecule has 3 rings (SSSR count). The van der Waals surface area contributed by atoms with Gasteiger partial charge in [0.2, 0.25) is 0 Å². The van der Waals surface area contributed by atoms with Crippen LogP contribution in [-0.4, -0.2) is 35.7 Å². The van der Waals surface area contributed by atoms with Crippen LogP contribution in [0.15, 0.2) is 42.5 Å². The number of hydrogen-bond acceptors (Lipinski definition) is 4. The molecule has 0 radical (unpaired) electrons. The number of fused-ring (bicyclic) bond motifs is 1. The topological polar surface area (TPSA) is 65.4 Å². The fraction of sp³-hybridized carbons (Fsp3) is 0.300. The predicted molar refractivity (Wildman–Crippen MR) is 101 cm³/mol. The Labute approximate surface area is 152 Å². The van der Waals surface area contributed by atoms with E-state index in [4.69, 9.17) is 9.47 Å². The Morgan fingerprint density at radius 1 is 1.15 bits per heavy atom. The number of rotatable bonds is 7. The van der Waals surface area contributed by atoms with Gasteiger partial charge in [-0.3, -0.25) is 4.79 Å². The summed E-state index contributed by atoms with van der Waals surface area (Å²) in [6, 6.07) is 13.6. The minimum absolute atomic E-state index is 0.0525. The van der Waals surface area contributed by atoms with E-state index in [1.54, 1.807) is 7.11 Å². The van der Waals surface area contributed by atoms with Gasteiger partial charge in [0.1, 0.15) is 5.82 Å². The van der Waals surface area contributed by atoms with E-state index >= 15 is 0 Å². The Bertz CT molecular complexity index is 918. The number of benzene rings is 2. The van der Waals surface area contributed by atoms with E-state index in [9.17, 15) is 4.79 Å². The smallest absolute Gasteiger partial charge is 0.258 e. The number of methoxy groups -OCH3 is 1. The van der Waals surface area contributed by atoms with Crippen molar-refractivity contribution in [3.8, 4) is 11.5 Å². The normalized spacial score (nSPS) is 10.7. The van der Waals surface area contributed by atoms with Gasteiger partial charge in [-0.15, -0.1) is 0 Å². The summed E-state index contributed by atoms with van der Waals surface area (Å²) in [5, 5.41) is 2.88.